The summed E-state index contributed by atoms with van der Waals surface area (Å²) in [4.78, 5) is 16.6. The molecule has 0 radical (unpaired) electrons. The third-order valence-electron chi connectivity index (χ3n) is 3.95. The number of carbonyl (C=O) groups excluding carboxylic acids is 1. The minimum atomic E-state index is -0.656. The Hall–Kier alpha value is -3.82. The van der Waals surface area contributed by atoms with E-state index < -0.39 is 11.1 Å². The highest BCUT2D eigenvalue weighted by molar-refractivity contribution is 8.00. The first-order valence-corrected chi connectivity index (χ1v) is 9.23. The van der Waals surface area contributed by atoms with Gasteiger partial charge in [0.15, 0.2) is 0 Å². The van der Waals surface area contributed by atoms with Crippen LogP contribution in [0.3, 0.4) is 0 Å². The quantitative estimate of drug-likeness (QED) is 0.613. The van der Waals surface area contributed by atoms with Crippen molar-refractivity contribution in [2.75, 3.05) is 11.1 Å². The Labute approximate surface area is 170 Å². The van der Waals surface area contributed by atoms with Gasteiger partial charge in [-0.1, -0.05) is 11.8 Å². The predicted molar refractivity (Wildman–Crippen MR) is 106 cm³/mol. The Morgan fingerprint density at radius 3 is 2.52 bits per heavy atom. The smallest absolute Gasteiger partial charge is 0.237 e. The maximum atomic E-state index is 13.0. The lowest BCUT2D eigenvalue weighted by molar-refractivity contribution is -0.115. The van der Waals surface area contributed by atoms with E-state index in [4.69, 9.17) is 10.2 Å². The summed E-state index contributed by atoms with van der Waals surface area (Å²) in [6.07, 6.45) is 1.42. The van der Waals surface area contributed by atoms with E-state index in [9.17, 15) is 19.7 Å². The molecular formula is C20H14FN5O2S. The molecule has 0 aliphatic rings. The van der Waals surface area contributed by atoms with Gasteiger partial charge in [-0.05, 0) is 43.3 Å². The number of aromatic nitrogens is 1. The van der Waals surface area contributed by atoms with Gasteiger partial charge < -0.3 is 15.5 Å². The van der Waals surface area contributed by atoms with Crippen molar-refractivity contribution < 1.29 is 13.6 Å². The molecule has 1 aromatic carbocycles. The number of nitrogens with one attached hydrogen (secondary N) is 1. The number of hydrogen-bond acceptors (Lipinski definition) is 7. The van der Waals surface area contributed by atoms with E-state index in [0.717, 1.165) is 11.8 Å². The predicted octanol–water partition coefficient (Wildman–Crippen LogP) is 3.93. The van der Waals surface area contributed by atoms with E-state index in [1.807, 2.05) is 12.1 Å². The third kappa shape index (κ3) is 4.21. The van der Waals surface area contributed by atoms with E-state index in [1.165, 1.54) is 30.5 Å². The summed E-state index contributed by atoms with van der Waals surface area (Å²) in [5.41, 5.74) is 6.72. The SMILES string of the molecule is CC(Sc1nc(N)c(C#N)c(-c2ccco2)c1C#N)C(=O)Nc1ccc(F)cc1. The highest BCUT2D eigenvalue weighted by atomic mass is 32.2. The van der Waals surface area contributed by atoms with Crippen LogP contribution in [-0.4, -0.2) is 16.1 Å². The fourth-order valence-corrected chi connectivity index (χ4v) is 3.47. The summed E-state index contributed by atoms with van der Waals surface area (Å²) in [5, 5.41) is 21.4. The molecule has 9 heteroatoms. The van der Waals surface area contributed by atoms with Crippen LogP contribution in [0, 0.1) is 28.5 Å². The van der Waals surface area contributed by atoms with Gasteiger partial charge in [0.25, 0.3) is 0 Å². The number of amides is 1. The Kier molecular flexibility index (Phi) is 5.82. The minimum absolute atomic E-state index is 0.0317. The zero-order valence-electron chi connectivity index (χ0n) is 15.1. The largest absolute Gasteiger partial charge is 0.464 e. The first-order chi connectivity index (χ1) is 13.9. The van der Waals surface area contributed by atoms with Crippen molar-refractivity contribution in [3.05, 3.63) is 59.6 Å². The van der Waals surface area contributed by atoms with Gasteiger partial charge in [-0.3, -0.25) is 4.79 Å². The molecule has 3 rings (SSSR count). The number of benzene rings is 1. The van der Waals surface area contributed by atoms with Crippen molar-refractivity contribution in [1.29, 1.82) is 10.5 Å². The number of nitrogens with zero attached hydrogens (tertiary/aromatic N) is 3. The summed E-state index contributed by atoms with van der Waals surface area (Å²) in [7, 11) is 0. The second kappa shape index (κ2) is 8.46. The average molecular weight is 407 g/mol. The lowest BCUT2D eigenvalue weighted by atomic mass is 10.0. The van der Waals surface area contributed by atoms with E-state index in [1.54, 1.807) is 19.1 Å². The molecule has 144 valence electrons. The Morgan fingerprint density at radius 1 is 1.24 bits per heavy atom. The van der Waals surface area contributed by atoms with Crippen molar-refractivity contribution in [2.24, 2.45) is 0 Å². The van der Waals surface area contributed by atoms with Crippen LogP contribution in [-0.2, 0) is 4.79 Å². The summed E-state index contributed by atoms with van der Waals surface area (Å²) >= 11 is 1.02. The minimum Gasteiger partial charge on any atom is -0.464 e. The number of carbonyl (C=O) groups is 1. The topological polar surface area (TPSA) is 129 Å². The van der Waals surface area contributed by atoms with Crippen LogP contribution >= 0.6 is 11.8 Å². The number of nitrogen functional groups attached to an aromatic ring is 1. The Morgan fingerprint density at radius 2 is 1.93 bits per heavy atom. The molecule has 29 heavy (non-hydrogen) atoms. The number of pyridine rings is 1. The second-order valence-electron chi connectivity index (χ2n) is 5.88. The van der Waals surface area contributed by atoms with Crippen LogP contribution in [0.1, 0.15) is 18.1 Å². The number of halogens is 1. The molecule has 7 nitrogen and oxygen atoms in total. The van der Waals surface area contributed by atoms with Crippen molar-refractivity contribution in [1.82, 2.24) is 4.98 Å². The highest BCUT2D eigenvalue weighted by Gasteiger charge is 2.25. The molecule has 2 aromatic heterocycles. The molecule has 0 aliphatic carbocycles. The molecule has 3 N–H and O–H groups in total. The number of hydrogen-bond donors (Lipinski definition) is 2. The van der Waals surface area contributed by atoms with E-state index in [-0.39, 0.29) is 33.4 Å². The summed E-state index contributed by atoms with van der Waals surface area (Å²) < 4.78 is 18.4. The van der Waals surface area contributed by atoms with Gasteiger partial charge in [0.1, 0.15) is 40.1 Å². The number of furan rings is 1. The molecule has 0 saturated carbocycles. The van der Waals surface area contributed by atoms with Gasteiger partial charge in [0.05, 0.1) is 22.6 Å². The Balaban J connectivity index is 1.92. The van der Waals surface area contributed by atoms with Crippen LogP contribution in [0.4, 0.5) is 15.9 Å². The fraction of sp³-hybridized carbons (Fsp3) is 0.100. The molecule has 2 heterocycles. The maximum absolute atomic E-state index is 13.0. The van der Waals surface area contributed by atoms with Gasteiger partial charge in [-0.2, -0.15) is 10.5 Å². The van der Waals surface area contributed by atoms with Crippen LogP contribution < -0.4 is 11.1 Å². The van der Waals surface area contributed by atoms with Gasteiger partial charge >= 0.3 is 0 Å². The first-order valence-electron chi connectivity index (χ1n) is 8.35. The van der Waals surface area contributed by atoms with Crippen molar-refractivity contribution >= 4 is 29.2 Å². The third-order valence-corrected chi connectivity index (χ3v) is 5.04. The van der Waals surface area contributed by atoms with Crippen LogP contribution in [0.2, 0.25) is 0 Å². The second-order valence-corrected chi connectivity index (χ2v) is 7.21. The monoisotopic (exact) mass is 407 g/mol. The van der Waals surface area contributed by atoms with Crippen molar-refractivity contribution in [3.8, 4) is 23.5 Å². The molecule has 3 aromatic rings. The molecule has 1 unspecified atom stereocenters. The molecule has 0 fully saturated rings. The van der Waals surface area contributed by atoms with E-state index >= 15 is 0 Å². The van der Waals surface area contributed by atoms with Crippen LogP contribution in [0.15, 0.2) is 52.1 Å². The van der Waals surface area contributed by atoms with Gasteiger partial charge in [-0.15, -0.1) is 0 Å². The molecular weight excluding hydrogens is 393 g/mol. The van der Waals surface area contributed by atoms with E-state index in [0.29, 0.717) is 11.4 Å². The number of nitrogens with two attached hydrogens (primary N) is 1. The molecule has 0 aliphatic heterocycles. The van der Waals surface area contributed by atoms with Crippen molar-refractivity contribution in [2.45, 2.75) is 17.2 Å². The first kappa shape index (κ1) is 19.9. The lowest BCUT2D eigenvalue weighted by Gasteiger charge is -2.15. The zero-order chi connectivity index (χ0) is 21.0. The van der Waals surface area contributed by atoms with Crippen molar-refractivity contribution in [3.63, 3.8) is 0 Å². The number of nitriles is 2. The van der Waals surface area contributed by atoms with Crippen LogP contribution in [0.5, 0.6) is 0 Å². The summed E-state index contributed by atoms with van der Waals surface area (Å²) in [6.45, 7) is 1.63. The van der Waals surface area contributed by atoms with Gasteiger partial charge in [0, 0.05) is 5.69 Å². The molecule has 1 atom stereocenters. The number of rotatable bonds is 5. The number of thioether (sulfide) groups is 1. The van der Waals surface area contributed by atoms with E-state index in [2.05, 4.69) is 10.3 Å². The Bertz CT molecular complexity index is 1130. The highest BCUT2D eigenvalue weighted by Crippen LogP contribution is 2.37. The summed E-state index contributed by atoms with van der Waals surface area (Å²) in [5.74, 6) is -0.536. The zero-order valence-corrected chi connectivity index (χ0v) is 16.0. The molecule has 0 bridgehead atoms. The van der Waals surface area contributed by atoms with Gasteiger partial charge in [0.2, 0.25) is 5.91 Å². The maximum Gasteiger partial charge on any atom is 0.237 e. The fourth-order valence-electron chi connectivity index (χ4n) is 2.55. The lowest BCUT2D eigenvalue weighted by Crippen LogP contribution is -2.22. The molecule has 0 spiro atoms. The molecule has 1 amide bonds. The standard InChI is InChI=1S/C20H14FN5O2S/c1-11(19(27)25-13-6-4-12(21)5-7-13)29-20-15(10-23)17(16-3-2-8-28-16)14(9-22)18(24)26-20/h2-8,11H,1H3,(H2,24,26)(H,25,27). The van der Waals surface area contributed by atoms with Gasteiger partial charge in [-0.25, -0.2) is 9.37 Å². The molecule has 0 saturated heterocycles. The number of anilines is 2. The average Bonchev–Trinajstić information content (AvgIpc) is 3.23. The normalized spacial score (nSPS) is 11.3. The summed E-state index contributed by atoms with van der Waals surface area (Å²) in [6, 6.07) is 12.6. The van der Waals surface area contributed by atoms with Crippen LogP contribution in [0.25, 0.3) is 11.3 Å².